The maximum atomic E-state index is 12.7. The Morgan fingerprint density at radius 1 is 1.11 bits per heavy atom. The van der Waals surface area contributed by atoms with Gasteiger partial charge < -0.3 is 9.47 Å². The predicted molar refractivity (Wildman–Crippen MR) is 110 cm³/mol. The molecule has 0 aliphatic carbocycles. The van der Waals surface area contributed by atoms with Crippen LogP contribution in [0.4, 0.5) is 0 Å². The zero-order valence-electron chi connectivity index (χ0n) is 15.5. The highest BCUT2D eigenvalue weighted by Gasteiger charge is 2.21. The number of halogens is 2. The average Bonchev–Trinajstić information content (AvgIpc) is 2.69. The average molecular weight is 445 g/mol. The van der Waals surface area contributed by atoms with Crippen LogP contribution in [0.15, 0.2) is 41.3 Å². The van der Waals surface area contributed by atoms with Crippen LogP contribution < -0.4 is 9.46 Å². The van der Waals surface area contributed by atoms with Gasteiger partial charge in [0.15, 0.2) is 0 Å². The van der Waals surface area contributed by atoms with E-state index in [-0.39, 0.29) is 21.5 Å². The Hall–Kier alpha value is -1.35. The van der Waals surface area contributed by atoms with Gasteiger partial charge >= 0.3 is 0 Å². The number of morpholine rings is 1. The van der Waals surface area contributed by atoms with Crippen LogP contribution >= 0.6 is 23.2 Å². The van der Waals surface area contributed by atoms with Gasteiger partial charge in [0.25, 0.3) is 0 Å². The molecule has 0 spiro atoms. The highest BCUT2D eigenvalue weighted by Crippen LogP contribution is 2.36. The van der Waals surface area contributed by atoms with Crippen molar-refractivity contribution in [2.24, 2.45) is 0 Å². The van der Waals surface area contributed by atoms with Gasteiger partial charge in [-0.25, -0.2) is 13.1 Å². The zero-order valence-corrected chi connectivity index (χ0v) is 17.8. The van der Waals surface area contributed by atoms with E-state index in [2.05, 4.69) is 9.62 Å². The first kappa shape index (κ1) is 21.4. The van der Waals surface area contributed by atoms with Crippen LogP contribution in [-0.2, 0) is 27.8 Å². The van der Waals surface area contributed by atoms with E-state index < -0.39 is 10.0 Å². The van der Waals surface area contributed by atoms with E-state index in [9.17, 15) is 8.42 Å². The van der Waals surface area contributed by atoms with Crippen molar-refractivity contribution in [3.63, 3.8) is 0 Å². The molecule has 0 atom stereocenters. The fraction of sp³-hybridized carbons (Fsp3) is 0.368. The molecule has 2 aromatic carbocycles. The molecule has 1 aliphatic heterocycles. The van der Waals surface area contributed by atoms with E-state index in [1.807, 2.05) is 24.3 Å². The Morgan fingerprint density at radius 3 is 2.54 bits per heavy atom. The first-order valence-corrected chi connectivity index (χ1v) is 11.0. The summed E-state index contributed by atoms with van der Waals surface area (Å²) >= 11 is 12.2. The van der Waals surface area contributed by atoms with Crippen molar-refractivity contribution in [1.29, 1.82) is 0 Å². The summed E-state index contributed by atoms with van der Waals surface area (Å²) < 4.78 is 38.3. The number of nitrogens with one attached hydrogen (secondary N) is 1. The molecule has 6 nitrogen and oxygen atoms in total. The number of ether oxygens (including phenoxy) is 2. The molecule has 0 aromatic heterocycles. The molecule has 0 bridgehead atoms. The number of sulfonamides is 1. The lowest BCUT2D eigenvalue weighted by Crippen LogP contribution is -2.35. The minimum absolute atomic E-state index is 0.0606. The normalized spacial score (nSPS) is 15.5. The topological polar surface area (TPSA) is 67.9 Å². The lowest BCUT2D eigenvalue weighted by atomic mass is 10.1. The molecule has 9 heteroatoms. The Labute approximate surface area is 175 Å². The molecule has 1 saturated heterocycles. The highest BCUT2D eigenvalue weighted by atomic mass is 35.5. The van der Waals surface area contributed by atoms with E-state index in [4.69, 9.17) is 32.7 Å². The first-order chi connectivity index (χ1) is 13.4. The Morgan fingerprint density at radius 2 is 1.82 bits per heavy atom. The molecule has 0 amide bonds. The maximum Gasteiger partial charge on any atom is 0.242 e. The van der Waals surface area contributed by atoms with Crippen LogP contribution in [0.2, 0.25) is 10.0 Å². The van der Waals surface area contributed by atoms with Crippen molar-refractivity contribution in [1.82, 2.24) is 9.62 Å². The second-order valence-corrected chi connectivity index (χ2v) is 8.92. The van der Waals surface area contributed by atoms with E-state index in [0.717, 1.165) is 44.0 Å². The van der Waals surface area contributed by atoms with E-state index in [0.29, 0.717) is 5.75 Å². The van der Waals surface area contributed by atoms with Crippen molar-refractivity contribution >= 4 is 33.2 Å². The van der Waals surface area contributed by atoms with Crippen LogP contribution in [0.1, 0.15) is 11.1 Å². The van der Waals surface area contributed by atoms with Crippen molar-refractivity contribution < 1.29 is 17.9 Å². The molecule has 1 aliphatic rings. The van der Waals surface area contributed by atoms with E-state index >= 15 is 0 Å². The quantitative estimate of drug-likeness (QED) is 0.709. The first-order valence-electron chi connectivity index (χ1n) is 8.80. The molecule has 1 heterocycles. The number of methoxy groups -OCH3 is 1. The Kier molecular flexibility index (Phi) is 7.20. The molecular formula is C19H22Cl2N2O4S. The third kappa shape index (κ3) is 5.17. The third-order valence-electron chi connectivity index (χ3n) is 4.49. The molecule has 1 N–H and O–H groups in total. The van der Waals surface area contributed by atoms with Gasteiger partial charge in [-0.15, -0.1) is 0 Å². The summed E-state index contributed by atoms with van der Waals surface area (Å²) in [6, 6.07) is 10.7. The second kappa shape index (κ2) is 9.43. The zero-order chi connectivity index (χ0) is 20.1. The summed E-state index contributed by atoms with van der Waals surface area (Å²) in [5.41, 5.74) is 1.99. The van der Waals surface area contributed by atoms with Gasteiger partial charge in [0.1, 0.15) is 15.7 Å². The number of hydrogen-bond donors (Lipinski definition) is 1. The lowest BCUT2D eigenvalue weighted by molar-refractivity contribution is 0.0342. The smallest absolute Gasteiger partial charge is 0.242 e. The molecule has 2 aromatic rings. The molecule has 28 heavy (non-hydrogen) atoms. The van der Waals surface area contributed by atoms with Gasteiger partial charge in [0.2, 0.25) is 10.0 Å². The number of nitrogens with zero attached hydrogens (tertiary/aromatic N) is 1. The SMILES string of the molecule is COc1ccc(S(=O)(=O)NCc2cccc(CN3CCOCC3)c2)c(Cl)c1Cl. The summed E-state index contributed by atoms with van der Waals surface area (Å²) in [6.45, 7) is 4.24. The van der Waals surface area contributed by atoms with Crippen molar-refractivity contribution in [3.8, 4) is 5.75 Å². The summed E-state index contributed by atoms with van der Waals surface area (Å²) in [5.74, 6) is 0.321. The molecule has 3 rings (SSSR count). The monoisotopic (exact) mass is 444 g/mol. The highest BCUT2D eigenvalue weighted by molar-refractivity contribution is 7.89. The van der Waals surface area contributed by atoms with Crippen molar-refractivity contribution in [2.45, 2.75) is 18.0 Å². The standard InChI is InChI=1S/C19H22Cl2N2O4S/c1-26-16-5-6-17(19(21)18(16)20)28(24,25)22-12-14-3-2-4-15(11-14)13-23-7-9-27-10-8-23/h2-6,11,22H,7-10,12-13H2,1H3. The number of benzene rings is 2. The van der Waals surface area contributed by atoms with Crippen LogP contribution in [0.25, 0.3) is 0 Å². The van der Waals surface area contributed by atoms with E-state index in [1.54, 1.807) is 0 Å². The molecule has 0 unspecified atom stereocenters. The fourth-order valence-electron chi connectivity index (χ4n) is 2.99. The van der Waals surface area contributed by atoms with Gasteiger partial charge in [0.05, 0.1) is 25.3 Å². The van der Waals surface area contributed by atoms with Gasteiger partial charge in [-0.2, -0.15) is 0 Å². The maximum absolute atomic E-state index is 12.7. The van der Waals surface area contributed by atoms with Gasteiger partial charge in [-0.05, 0) is 23.3 Å². The van der Waals surface area contributed by atoms with Gasteiger partial charge in [0, 0.05) is 26.2 Å². The van der Waals surface area contributed by atoms with Gasteiger partial charge in [-0.1, -0.05) is 47.5 Å². The van der Waals surface area contributed by atoms with Crippen molar-refractivity contribution in [3.05, 3.63) is 57.6 Å². The van der Waals surface area contributed by atoms with Crippen LogP contribution in [0.3, 0.4) is 0 Å². The molecule has 1 fully saturated rings. The Bertz CT molecular complexity index is 932. The number of rotatable bonds is 7. The Balaban J connectivity index is 1.69. The van der Waals surface area contributed by atoms with Gasteiger partial charge in [-0.3, -0.25) is 4.90 Å². The summed E-state index contributed by atoms with van der Waals surface area (Å²) in [7, 11) is -2.39. The molecule has 0 radical (unpaired) electrons. The lowest BCUT2D eigenvalue weighted by Gasteiger charge is -2.26. The largest absolute Gasteiger partial charge is 0.495 e. The number of hydrogen-bond acceptors (Lipinski definition) is 5. The summed E-state index contributed by atoms with van der Waals surface area (Å²) in [6.07, 6.45) is 0. The summed E-state index contributed by atoms with van der Waals surface area (Å²) in [4.78, 5) is 2.23. The van der Waals surface area contributed by atoms with E-state index in [1.165, 1.54) is 19.2 Å². The van der Waals surface area contributed by atoms with Crippen LogP contribution in [0, 0.1) is 0 Å². The summed E-state index contributed by atoms with van der Waals surface area (Å²) in [5, 5.41) is 0.00846. The van der Waals surface area contributed by atoms with Crippen molar-refractivity contribution in [2.75, 3.05) is 33.4 Å². The molecule has 152 valence electrons. The third-order valence-corrected chi connectivity index (χ3v) is 6.91. The molecular weight excluding hydrogens is 423 g/mol. The molecule has 0 saturated carbocycles. The second-order valence-electron chi connectivity index (χ2n) is 6.43. The predicted octanol–water partition coefficient (Wildman–Crippen LogP) is 3.31. The van der Waals surface area contributed by atoms with Crippen LogP contribution in [-0.4, -0.2) is 46.7 Å². The minimum atomic E-state index is -3.83. The fourth-order valence-corrected chi connectivity index (χ4v) is 4.85. The van der Waals surface area contributed by atoms with Crippen LogP contribution in [0.5, 0.6) is 5.75 Å². The minimum Gasteiger partial charge on any atom is -0.495 e.